The molecule has 176 valence electrons. The van der Waals surface area contributed by atoms with E-state index in [1.807, 2.05) is 30.3 Å². The number of hydrogen-bond donors (Lipinski definition) is 0. The van der Waals surface area contributed by atoms with Gasteiger partial charge in [-0.2, -0.15) is 0 Å². The van der Waals surface area contributed by atoms with Gasteiger partial charge in [0.05, 0.1) is 11.7 Å². The molecule has 1 heterocycles. The maximum atomic E-state index is 12.7. The lowest BCUT2D eigenvalue weighted by atomic mass is 10.2. The Morgan fingerprint density at radius 2 is 1.53 bits per heavy atom. The third-order valence-electron chi connectivity index (χ3n) is 5.18. The Labute approximate surface area is 198 Å². The SMILES string of the molecule is O=C(OCC1CCCO1)c1ccc(OC(=O)c2ccccc2OCCOc2ccccc2)cc1. The Balaban J connectivity index is 1.28. The molecule has 1 aliphatic rings. The molecule has 0 bridgehead atoms. The summed E-state index contributed by atoms with van der Waals surface area (Å²) >= 11 is 0. The normalized spacial score (nSPS) is 14.9. The quantitative estimate of drug-likeness (QED) is 0.245. The van der Waals surface area contributed by atoms with Crippen LogP contribution in [0.4, 0.5) is 0 Å². The van der Waals surface area contributed by atoms with Gasteiger partial charge in [0.15, 0.2) is 0 Å². The van der Waals surface area contributed by atoms with Crippen LogP contribution in [0.1, 0.15) is 33.6 Å². The first kappa shape index (κ1) is 23.3. The van der Waals surface area contributed by atoms with Gasteiger partial charge in [0, 0.05) is 6.61 Å². The van der Waals surface area contributed by atoms with Crippen LogP contribution in [0.2, 0.25) is 0 Å². The summed E-state index contributed by atoms with van der Waals surface area (Å²) < 4.78 is 27.6. The molecule has 7 heteroatoms. The molecule has 4 rings (SSSR count). The number of benzene rings is 3. The third kappa shape index (κ3) is 6.59. The van der Waals surface area contributed by atoms with Gasteiger partial charge in [-0.05, 0) is 61.4 Å². The lowest BCUT2D eigenvalue weighted by Gasteiger charge is -2.12. The molecule has 0 radical (unpaired) electrons. The van der Waals surface area contributed by atoms with E-state index in [9.17, 15) is 9.59 Å². The lowest BCUT2D eigenvalue weighted by Crippen LogP contribution is -2.17. The molecule has 1 atom stereocenters. The third-order valence-corrected chi connectivity index (χ3v) is 5.18. The van der Waals surface area contributed by atoms with Crippen LogP contribution >= 0.6 is 0 Å². The van der Waals surface area contributed by atoms with Crippen molar-refractivity contribution in [2.24, 2.45) is 0 Å². The first-order chi connectivity index (χ1) is 16.7. The van der Waals surface area contributed by atoms with Crippen molar-refractivity contribution >= 4 is 11.9 Å². The van der Waals surface area contributed by atoms with Crippen molar-refractivity contribution in [3.63, 3.8) is 0 Å². The molecule has 1 unspecified atom stereocenters. The summed E-state index contributed by atoms with van der Waals surface area (Å²) in [6.45, 7) is 1.54. The highest BCUT2D eigenvalue weighted by atomic mass is 16.6. The molecule has 0 N–H and O–H groups in total. The second kappa shape index (κ2) is 11.9. The zero-order valence-electron chi connectivity index (χ0n) is 18.7. The van der Waals surface area contributed by atoms with Crippen LogP contribution in [0.15, 0.2) is 78.9 Å². The second-order valence-electron chi connectivity index (χ2n) is 7.65. The number of esters is 2. The Morgan fingerprint density at radius 3 is 2.29 bits per heavy atom. The summed E-state index contributed by atoms with van der Waals surface area (Å²) in [5.41, 5.74) is 0.669. The maximum Gasteiger partial charge on any atom is 0.347 e. The molecule has 1 aliphatic heterocycles. The van der Waals surface area contributed by atoms with E-state index in [0.29, 0.717) is 35.8 Å². The van der Waals surface area contributed by atoms with Gasteiger partial charge in [-0.3, -0.25) is 0 Å². The number of hydrogen-bond acceptors (Lipinski definition) is 7. The molecule has 1 fully saturated rings. The van der Waals surface area contributed by atoms with E-state index in [0.717, 1.165) is 18.6 Å². The maximum absolute atomic E-state index is 12.7. The number of ether oxygens (including phenoxy) is 5. The summed E-state index contributed by atoms with van der Waals surface area (Å²) in [6.07, 6.45) is 1.85. The van der Waals surface area contributed by atoms with Gasteiger partial charge < -0.3 is 23.7 Å². The Hall–Kier alpha value is -3.84. The van der Waals surface area contributed by atoms with Crippen LogP contribution in [0.25, 0.3) is 0 Å². The monoisotopic (exact) mass is 462 g/mol. The van der Waals surface area contributed by atoms with Crippen molar-refractivity contribution in [1.82, 2.24) is 0 Å². The minimum absolute atomic E-state index is 0.0311. The largest absolute Gasteiger partial charge is 0.490 e. The van der Waals surface area contributed by atoms with Crippen LogP contribution < -0.4 is 14.2 Å². The second-order valence-corrected chi connectivity index (χ2v) is 7.65. The van der Waals surface area contributed by atoms with Gasteiger partial charge in [-0.1, -0.05) is 30.3 Å². The zero-order chi connectivity index (χ0) is 23.6. The molecule has 0 aromatic heterocycles. The number of para-hydroxylation sites is 2. The first-order valence-corrected chi connectivity index (χ1v) is 11.2. The van der Waals surface area contributed by atoms with Gasteiger partial charge in [0.25, 0.3) is 0 Å². The van der Waals surface area contributed by atoms with Crippen LogP contribution in [-0.2, 0) is 9.47 Å². The van der Waals surface area contributed by atoms with Gasteiger partial charge in [-0.25, -0.2) is 9.59 Å². The highest BCUT2D eigenvalue weighted by Crippen LogP contribution is 2.22. The lowest BCUT2D eigenvalue weighted by molar-refractivity contribution is 0.0161. The van der Waals surface area contributed by atoms with E-state index in [1.165, 1.54) is 0 Å². The highest BCUT2D eigenvalue weighted by molar-refractivity contribution is 5.94. The molecule has 7 nitrogen and oxygen atoms in total. The van der Waals surface area contributed by atoms with E-state index < -0.39 is 11.9 Å². The van der Waals surface area contributed by atoms with E-state index in [1.54, 1.807) is 48.5 Å². The van der Waals surface area contributed by atoms with E-state index in [2.05, 4.69) is 0 Å². The number of rotatable bonds is 10. The molecule has 0 amide bonds. The standard InChI is InChI=1S/C27H26O7/c28-26(33-19-23-9-6-16-30-23)20-12-14-22(15-13-20)34-27(29)24-10-4-5-11-25(24)32-18-17-31-21-7-2-1-3-8-21/h1-5,7-8,10-15,23H,6,9,16-19H2. The molecule has 34 heavy (non-hydrogen) atoms. The first-order valence-electron chi connectivity index (χ1n) is 11.2. The summed E-state index contributed by atoms with van der Waals surface area (Å²) in [6, 6.07) is 22.5. The summed E-state index contributed by atoms with van der Waals surface area (Å²) in [5.74, 6) is 0.456. The number of carbonyl (C=O) groups excluding carboxylic acids is 2. The molecule has 3 aromatic carbocycles. The molecule has 0 spiro atoms. The average molecular weight is 462 g/mol. The molecule has 3 aromatic rings. The summed E-state index contributed by atoms with van der Waals surface area (Å²) in [5, 5.41) is 0. The van der Waals surface area contributed by atoms with Crippen LogP contribution in [0.5, 0.6) is 17.2 Å². The fourth-order valence-electron chi connectivity index (χ4n) is 3.44. The van der Waals surface area contributed by atoms with Crippen molar-refractivity contribution in [3.8, 4) is 17.2 Å². The van der Waals surface area contributed by atoms with Crippen LogP contribution in [0, 0.1) is 0 Å². The summed E-state index contributed by atoms with van der Waals surface area (Å²) in [4.78, 5) is 24.9. The van der Waals surface area contributed by atoms with Gasteiger partial charge in [0.1, 0.15) is 42.6 Å². The Morgan fingerprint density at radius 1 is 0.794 bits per heavy atom. The average Bonchev–Trinajstić information content (AvgIpc) is 3.40. The highest BCUT2D eigenvalue weighted by Gasteiger charge is 2.19. The van der Waals surface area contributed by atoms with Crippen molar-refractivity contribution in [2.45, 2.75) is 18.9 Å². The van der Waals surface area contributed by atoms with Gasteiger partial charge >= 0.3 is 11.9 Å². The molecular weight excluding hydrogens is 436 g/mol. The van der Waals surface area contributed by atoms with Crippen molar-refractivity contribution in [1.29, 1.82) is 0 Å². The van der Waals surface area contributed by atoms with Crippen molar-refractivity contribution in [2.75, 3.05) is 26.4 Å². The predicted molar refractivity (Wildman–Crippen MR) is 125 cm³/mol. The van der Waals surface area contributed by atoms with Crippen molar-refractivity contribution in [3.05, 3.63) is 90.0 Å². The van der Waals surface area contributed by atoms with Crippen LogP contribution in [-0.4, -0.2) is 44.5 Å². The fraction of sp³-hybridized carbons (Fsp3) is 0.259. The molecule has 0 saturated carbocycles. The van der Waals surface area contributed by atoms with E-state index in [-0.39, 0.29) is 19.3 Å². The summed E-state index contributed by atoms with van der Waals surface area (Å²) in [7, 11) is 0. The number of carbonyl (C=O) groups is 2. The Kier molecular flexibility index (Phi) is 8.13. The van der Waals surface area contributed by atoms with Gasteiger partial charge in [0.2, 0.25) is 0 Å². The minimum Gasteiger partial charge on any atom is -0.490 e. The molecular formula is C27H26O7. The van der Waals surface area contributed by atoms with E-state index >= 15 is 0 Å². The fourth-order valence-corrected chi connectivity index (χ4v) is 3.44. The molecule has 0 aliphatic carbocycles. The van der Waals surface area contributed by atoms with Gasteiger partial charge in [-0.15, -0.1) is 0 Å². The Bertz CT molecular complexity index is 1070. The zero-order valence-corrected chi connectivity index (χ0v) is 18.7. The van der Waals surface area contributed by atoms with E-state index in [4.69, 9.17) is 23.7 Å². The minimum atomic E-state index is -0.562. The smallest absolute Gasteiger partial charge is 0.347 e. The van der Waals surface area contributed by atoms with Crippen molar-refractivity contribution < 1.29 is 33.3 Å². The van der Waals surface area contributed by atoms with Crippen LogP contribution in [0.3, 0.4) is 0 Å². The molecule has 1 saturated heterocycles. The predicted octanol–water partition coefficient (Wildman–Crippen LogP) is 4.70. The topological polar surface area (TPSA) is 80.3 Å².